The summed E-state index contributed by atoms with van der Waals surface area (Å²) in [5, 5.41) is 3.14. The summed E-state index contributed by atoms with van der Waals surface area (Å²) in [4.78, 5) is 18.2. The van der Waals surface area contributed by atoms with Crippen LogP contribution in [0.5, 0.6) is 5.75 Å². The van der Waals surface area contributed by atoms with Crippen molar-refractivity contribution in [2.75, 3.05) is 32.7 Å². The Hall–Kier alpha value is -3.15. The third-order valence-corrected chi connectivity index (χ3v) is 8.82. The van der Waals surface area contributed by atoms with Crippen LogP contribution in [0, 0.1) is 5.92 Å². The maximum Gasteiger partial charge on any atom is 0.251 e. The zero-order valence-electron chi connectivity index (χ0n) is 24.6. The van der Waals surface area contributed by atoms with Crippen molar-refractivity contribution >= 4 is 5.91 Å². The van der Waals surface area contributed by atoms with E-state index in [2.05, 4.69) is 45.4 Å². The molecule has 1 saturated heterocycles. The molecular weight excluding hydrogens is 506 g/mol. The van der Waals surface area contributed by atoms with E-state index in [0.717, 1.165) is 36.7 Å². The lowest BCUT2D eigenvalue weighted by atomic mass is 9.88. The lowest BCUT2D eigenvalue weighted by Crippen LogP contribution is -2.46. The maximum atomic E-state index is 12.8. The molecule has 0 atom stereocenters. The number of amides is 1. The molecule has 2 aliphatic rings. The van der Waals surface area contributed by atoms with Gasteiger partial charge in [-0.05, 0) is 86.5 Å². The Bertz CT molecular complexity index is 1150. The Morgan fingerprint density at radius 1 is 0.805 bits per heavy atom. The van der Waals surface area contributed by atoms with Gasteiger partial charge in [0.15, 0.2) is 0 Å². The monoisotopic (exact) mass is 553 g/mol. The van der Waals surface area contributed by atoms with Crippen molar-refractivity contribution in [3.8, 4) is 5.75 Å². The van der Waals surface area contributed by atoms with Gasteiger partial charge in [0.05, 0.1) is 0 Å². The minimum Gasteiger partial charge on any atom is -0.489 e. The molecule has 5 rings (SSSR count). The molecule has 1 saturated carbocycles. The molecule has 0 radical (unpaired) electrons. The summed E-state index contributed by atoms with van der Waals surface area (Å²) in [7, 11) is 0. The minimum atomic E-state index is -0.0229. The van der Waals surface area contributed by atoms with Crippen molar-refractivity contribution in [1.29, 1.82) is 0 Å². The SMILES string of the molecule is O=C(NCCCN(Cc1ccccc1)C1CCN(CC2CCCCC2)CC1)c1ccc(OCc2ccccc2)cc1. The summed E-state index contributed by atoms with van der Waals surface area (Å²) in [5.74, 6) is 1.67. The van der Waals surface area contributed by atoms with Gasteiger partial charge >= 0.3 is 0 Å². The molecule has 1 heterocycles. The van der Waals surface area contributed by atoms with E-state index in [4.69, 9.17) is 4.74 Å². The lowest BCUT2D eigenvalue weighted by molar-refractivity contribution is 0.0866. The van der Waals surface area contributed by atoms with Crippen LogP contribution in [0.2, 0.25) is 0 Å². The average Bonchev–Trinajstić information content (AvgIpc) is 3.03. The average molecular weight is 554 g/mol. The number of likely N-dealkylation sites (tertiary alicyclic amines) is 1. The van der Waals surface area contributed by atoms with Crippen molar-refractivity contribution in [2.24, 2.45) is 5.92 Å². The molecule has 0 aromatic heterocycles. The molecule has 3 aromatic carbocycles. The molecule has 1 aliphatic heterocycles. The van der Waals surface area contributed by atoms with Crippen LogP contribution >= 0.6 is 0 Å². The number of nitrogens with zero attached hydrogens (tertiary/aromatic N) is 2. The molecule has 5 nitrogen and oxygen atoms in total. The number of benzene rings is 3. The van der Waals surface area contributed by atoms with Crippen LogP contribution in [0.15, 0.2) is 84.9 Å². The fraction of sp³-hybridized carbons (Fsp3) is 0.472. The van der Waals surface area contributed by atoms with Gasteiger partial charge in [0, 0.05) is 37.8 Å². The van der Waals surface area contributed by atoms with Gasteiger partial charge in [-0.1, -0.05) is 79.9 Å². The van der Waals surface area contributed by atoms with Crippen LogP contribution in [0.25, 0.3) is 0 Å². The van der Waals surface area contributed by atoms with E-state index in [9.17, 15) is 4.79 Å². The minimum absolute atomic E-state index is 0.0229. The molecular formula is C36H47N3O2. The topological polar surface area (TPSA) is 44.8 Å². The van der Waals surface area contributed by atoms with Gasteiger partial charge in [-0.15, -0.1) is 0 Å². The number of piperidine rings is 1. The van der Waals surface area contributed by atoms with Crippen molar-refractivity contribution in [3.05, 3.63) is 102 Å². The molecule has 2 fully saturated rings. The largest absolute Gasteiger partial charge is 0.489 e. The van der Waals surface area contributed by atoms with E-state index < -0.39 is 0 Å². The van der Waals surface area contributed by atoms with Gasteiger partial charge in [0.1, 0.15) is 12.4 Å². The van der Waals surface area contributed by atoms with E-state index in [1.165, 1.54) is 70.1 Å². The predicted octanol–water partition coefficient (Wildman–Crippen LogP) is 6.93. The first-order valence-electron chi connectivity index (χ1n) is 15.8. The highest BCUT2D eigenvalue weighted by Crippen LogP contribution is 2.27. The fourth-order valence-corrected chi connectivity index (χ4v) is 6.44. The summed E-state index contributed by atoms with van der Waals surface area (Å²) >= 11 is 0. The smallest absolute Gasteiger partial charge is 0.251 e. The Morgan fingerprint density at radius 2 is 1.46 bits per heavy atom. The quantitative estimate of drug-likeness (QED) is 0.233. The van der Waals surface area contributed by atoms with E-state index in [0.29, 0.717) is 24.8 Å². The van der Waals surface area contributed by atoms with Crippen molar-refractivity contribution < 1.29 is 9.53 Å². The second kappa shape index (κ2) is 15.7. The summed E-state index contributed by atoms with van der Waals surface area (Å²) in [6.07, 6.45) is 10.6. The van der Waals surface area contributed by atoms with Gasteiger partial charge in [-0.2, -0.15) is 0 Å². The number of nitrogens with one attached hydrogen (secondary N) is 1. The van der Waals surface area contributed by atoms with E-state index in [1.807, 2.05) is 54.6 Å². The predicted molar refractivity (Wildman–Crippen MR) is 167 cm³/mol. The second-order valence-corrected chi connectivity index (χ2v) is 11.9. The number of hydrogen-bond acceptors (Lipinski definition) is 4. The molecule has 5 heteroatoms. The summed E-state index contributed by atoms with van der Waals surface area (Å²) in [6.45, 7) is 6.91. The number of ether oxygens (including phenoxy) is 1. The standard InChI is InChI=1S/C36H47N3O2/c40-36(33-17-19-35(20-18-33)41-29-32-15-8-3-9-16-32)37-23-10-24-39(28-31-13-6-2-7-14-31)34-21-25-38(26-22-34)27-30-11-4-1-5-12-30/h2-3,6-9,13-20,30,34H,1,4-5,10-12,21-29H2,(H,37,40). The first-order chi connectivity index (χ1) is 20.2. The number of hydrogen-bond donors (Lipinski definition) is 1. The molecule has 1 amide bonds. The Morgan fingerprint density at radius 3 is 2.15 bits per heavy atom. The van der Waals surface area contributed by atoms with Gasteiger partial charge in [0.25, 0.3) is 5.91 Å². The highest BCUT2D eigenvalue weighted by Gasteiger charge is 2.26. The zero-order valence-corrected chi connectivity index (χ0v) is 24.6. The third kappa shape index (κ3) is 9.44. The summed E-state index contributed by atoms with van der Waals surface area (Å²) in [5.41, 5.74) is 3.17. The Balaban J connectivity index is 1.06. The molecule has 0 spiro atoms. The number of carbonyl (C=O) groups excluding carboxylic acids is 1. The molecule has 3 aromatic rings. The molecule has 1 N–H and O–H groups in total. The van der Waals surface area contributed by atoms with Crippen LogP contribution in [0.4, 0.5) is 0 Å². The highest BCUT2D eigenvalue weighted by molar-refractivity contribution is 5.94. The van der Waals surface area contributed by atoms with Crippen LogP contribution in [0.1, 0.15) is 72.9 Å². The number of rotatable bonds is 13. The van der Waals surface area contributed by atoms with Gasteiger partial charge < -0.3 is 15.0 Å². The first kappa shape index (κ1) is 29.3. The zero-order chi connectivity index (χ0) is 28.1. The van der Waals surface area contributed by atoms with Crippen molar-refractivity contribution in [3.63, 3.8) is 0 Å². The maximum absolute atomic E-state index is 12.8. The van der Waals surface area contributed by atoms with Gasteiger partial charge in [0.2, 0.25) is 0 Å². The molecule has 0 unspecified atom stereocenters. The van der Waals surface area contributed by atoms with Crippen LogP contribution in [-0.2, 0) is 13.2 Å². The molecule has 41 heavy (non-hydrogen) atoms. The normalized spacial score (nSPS) is 17.0. The summed E-state index contributed by atoms with van der Waals surface area (Å²) < 4.78 is 5.86. The lowest BCUT2D eigenvalue weighted by Gasteiger charge is -2.40. The van der Waals surface area contributed by atoms with E-state index in [-0.39, 0.29) is 5.91 Å². The summed E-state index contributed by atoms with van der Waals surface area (Å²) in [6, 6.07) is 29.0. The number of carbonyl (C=O) groups is 1. The van der Waals surface area contributed by atoms with Gasteiger partial charge in [-0.3, -0.25) is 9.69 Å². The van der Waals surface area contributed by atoms with Crippen LogP contribution < -0.4 is 10.1 Å². The van der Waals surface area contributed by atoms with Gasteiger partial charge in [-0.25, -0.2) is 0 Å². The van der Waals surface area contributed by atoms with Crippen molar-refractivity contribution in [2.45, 2.75) is 70.6 Å². The molecule has 0 bridgehead atoms. The van der Waals surface area contributed by atoms with Crippen molar-refractivity contribution in [1.82, 2.24) is 15.1 Å². The second-order valence-electron chi connectivity index (χ2n) is 11.9. The Kier molecular flexibility index (Phi) is 11.3. The van der Waals surface area contributed by atoms with E-state index >= 15 is 0 Å². The first-order valence-corrected chi connectivity index (χ1v) is 15.8. The molecule has 218 valence electrons. The van der Waals surface area contributed by atoms with E-state index in [1.54, 1.807) is 0 Å². The fourth-order valence-electron chi connectivity index (χ4n) is 6.44. The van der Waals surface area contributed by atoms with Crippen LogP contribution in [-0.4, -0.2) is 54.5 Å². The highest BCUT2D eigenvalue weighted by atomic mass is 16.5. The van der Waals surface area contributed by atoms with Crippen LogP contribution in [0.3, 0.4) is 0 Å². The third-order valence-electron chi connectivity index (χ3n) is 8.82. The Labute approximate surface area is 246 Å². The molecule has 1 aliphatic carbocycles.